The molecule has 0 N–H and O–H groups in total. The predicted octanol–water partition coefficient (Wildman–Crippen LogP) is 6.25. The minimum atomic E-state index is 0.209. The van der Waals surface area contributed by atoms with Crippen LogP contribution in [-0.4, -0.2) is 6.61 Å². The summed E-state index contributed by atoms with van der Waals surface area (Å²) in [5.74, 6) is 2.89. The summed E-state index contributed by atoms with van der Waals surface area (Å²) in [4.78, 5) is 0. The number of rotatable bonds is 5. The molecule has 0 heterocycles. The molecule has 0 bridgehead atoms. The largest absolute Gasteiger partial charge is 0.493 e. The van der Waals surface area contributed by atoms with E-state index in [1.165, 1.54) is 17.5 Å². The Balaban J connectivity index is 1.61. The van der Waals surface area contributed by atoms with Crippen molar-refractivity contribution in [2.24, 2.45) is 11.8 Å². The Morgan fingerprint density at radius 1 is 1.26 bits per heavy atom. The van der Waals surface area contributed by atoms with Gasteiger partial charge in [0.25, 0.3) is 0 Å². The maximum Gasteiger partial charge on any atom is 0.182 e. The third-order valence-electron chi connectivity index (χ3n) is 5.83. The molecule has 0 radical (unpaired) electrons. The fourth-order valence-electron chi connectivity index (χ4n) is 4.04. The third kappa shape index (κ3) is 3.74. The molecule has 5 heteroatoms. The second kappa shape index (κ2) is 7.62. The van der Waals surface area contributed by atoms with Crippen LogP contribution in [0.5, 0.6) is 11.5 Å². The summed E-state index contributed by atoms with van der Waals surface area (Å²) in [7, 11) is 0. The monoisotopic (exact) mass is 401 g/mol. The van der Waals surface area contributed by atoms with Crippen LogP contribution in [0.4, 0.5) is 0 Å². The predicted molar refractivity (Wildman–Crippen MR) is 107 cm³/mol. The van der Waals surface area contributed by atoms with Crippen molar-refractivity contribution < 1.29 is 9.03 Å². The summed E-state index contributed by atoms with van der Waals surface area (Å²) in [5, 5.41) is 9.76. The topological polar surface area (TPSA) is 42.2 Å². The van der Waals surface area contributed by atoms with Crippen LogP contribution in [0.1, 0.15) is 54.4 Å². The quantitative estimate of drug-likeness (QED) is 0.594. The summed E-state index contributed by atoms with van der Waals surface area (Å²) >= 11 is 11.8. The molecule has 0 amide bonds. The van der Waals surface area contributed by atoms with E-state index in [1.54, 1.807) is 0 Å². The molecule has 27 heavy (non-hydrogen) atoms. The van der Waals surface area contributed by atoms with Crippen LogP contribution in [0.3, 0.4) is 0 Å². The van der Waals surface area contributed by atoms with Crippen molar-refractivity contribution >= 4 is 23.5 Å². The maximum absolute atomic E-state index is 9.39. The van der Waals surface area contributed by atoms with Crippen molar-refractivity contribution in [3.63, 3.8) is 0 Å². The first kappa shape index (κ1) is 18.5. The molecular weight excluding hydrogens is 381 g/mol. The third-order valence-corrected chi connectivity index (χ3v) is 6.27. The van der Waals surface area contributed by atoms with Gasteiger partial charge in [0, 0.05) is 5.92 Å². The molecule has 2 aliphatic carbocycles. The van der Waals surface area contributed by atoms with Crippen LogP contribution in [0.25, 0.3) is 0 Å². The molecule has 4 rings (SSSR count). The summed E-state index contributed by atoms with van der Waals surface area (Å²) < 4.78 is 10.8. The van der Waals surface area contributed by atoms with Crippen molar-refractivity contribution in [1.82, 2.24) is 0 Å². The van der Waals surface area contributed by atoms with Crippen LogP contribution in [0.2, 0.25) is 5.02 Å². The molecule has 0 aliphatic heterocycles. The van der Waals surface area contributed by atoms with E-state index in [9.17, 15) is 5.26 Å². The summed E-state index contributed by atoms with van der Waals surface area (Å²) in [6.07, 6.45) is 4.44. The van der Waals surface area contributed by atoms with Gasteiger partial charge in [0.1, 0.15) is 23.7 Å². The Bertz CT molecular complexity index is 906. The van der Waals surface area contributed by atoms with Gasteiger partial charge in [-0.15, -0.1) is 0 Å². The Labute approximate surface area is 170 Å². The van der Waals surface area contributed by atoms with Gasteiger partial charge < -0.3 is 9.03 Å². The second-order valence-electron chi connectivity index (χ2n) is 7.66. The number of halogens is 2. The molecule has 0 aromatic heterocycles. The lowest BCUT2D eigenvalue weighted by Gasteiger charge is -2.27. The number of aryl methyl sites for hydroxylation is 1. The van der Waals surface area contributed by atoms with Crippen LogP contribution < -0.4 is 9.03 Å². The van der Waals surface area contributed by atoms with Crippen LogP contribution in [-0.2, 0) is 6.42 Å². The van der Waals surface area contributed by atoms with Crippen molar-refractivity contribution in [2.75, 3.05) is 6.61 Å². The van der Waals surface area contributed by atoms with Gasteiger partial charge in [-0.05, 0) is 78.5 Å². The van der Waals surface area contributed by atoms with Gasteiger partial charge in [0.2, 0.25) is 0 Å². The standard InChI is InChI=1S/C22H21Cl2NO2/c1-13-7-17(13)12-26-18-5-6-20-14(9-18)3-2-4-19(20)15-8-16(11-25)22(27-24)21(23)10-15/h5-6,8-10,13,17,19H,2-4,7,12H2,1H3. The lowest BCUT2D eigenvalue weighted by atomic mass is 9.78. The first-order chi connectivity index (χ1) is 13.1. The first-order valence-corrected chi connectivity index (χ1v) is 10.1. The molecule has 3 nitrogen and oxygen atoms in total. The van der Waals surface area contributed by atoms with Crippen molar-refractivity contribution in [3.8, 4) is 17.6 Å². The van der Waals surface area contributed by atoms with Gasteiger partial charge in [-0.1, -0.05) is 24.6 Å². The average Bonchev–Trinajstić information content (AvgIpc) is 3.40. The fourth-order valence-corrected chi connectivity index (χ4v) is 4.51. The van der Waals surface area contributed by atoms with E-state index < -0.39 is 0 Å². The number of hydrogen-bond acceptors (Lipinski definition) is 3. The molecule has 2 aromatic rings. The normalized spacial score (nSPS) is 23.3. The number of nitriles is 1. The summed E-state index contributed by atoms with van der Waals surface area (Å²) in [6.45, 7) is 3.08. The lowest BCUT2D eigenvalue weighted by Crippen LogP contribution is -2.12. The molecule has 2 aliphatic rings. The van der Waals surface area contributed by atoms with E-state index in [0.29, 0.717) is 16.5 Å². The summed E-state index contributed by atoms with van der Waals surface area (Å²) in [5.41, 5.74) is 3.99. The van der Waals surface area contributed by atoms with E-state index in [-0.39, 0.29) is 11.7 Å². The first-order valence-electron chi connectivity index (χ1n) is 9.38. The highest BCUT2D eigenvalue weighted by Gasteiger charge is 2.33. The highest BCUT2D eigenvalue weighted by Crippen LogP contribution is 2.42. The minimum Gasteiger partial charge on any atom is -0.493 e. The van der Waals surface area contributed by atoms with E-state index >= 15 is 0 Å². The average molecular weight is 402 g/mol. The molecule has 1 saturated carbocycles. The zero-order valence-corrected chi connectivity index (χ0v) is 16.7. The molecule has 2 aromatic carbocycles. The fraction of sp³-hybridized carbons (Fsp3) is 0.409. The number of nitrogens with zero attached hydrogens (tertiary/aromatic N) is 1. The highest BCUT2D eigenvalue weighted by atomic mass is 35.5. The summed E-state index contributed by atoms with van der Waals surface area (Å²) in [6, 6.07) is 12.2. The number of ether oxygens (including phenoxy) is 1. The van der Waals surface area contributed by atoms with Crippen molar-refractivity contribution in [2.45, 2.75) is 38.5 Å². The van der Waals surface area contributed by atoms with Crippen molar-refractivity contribution in [3.05, 3.63) is 57.6 Å². The van der Waals surface area contributed by atoms with Gasteiger partial charge in [0.15, 0.2) is 5.75 Å². The van der Waals surface area contributed by atoms with E-state index in [1.807, 2.05) is 12.1 Å². The Kier molecular flexibility index (Phi) is 5.21. The molecule has 3 unspecified atom stereocenters. The zero-order chi connectivity index (χ0) is 19.0. The highest BCUT2D eigenvalue weighted by molar-refractivity contribution is 6.32. The van der Waals surface area contributed by atoms with Crippen LogP contribution >= 0.6 is 23.5 Å². The van der Waals surface area contributed by atoms with Crippen LogP contribution in [0, 0.1) is 23.2 Å². The van der Waals surface area contributed by atoms with Crippen molar-refractivity contribution in [1.29, 1.82) is 5.26 Å². The molecule has 1 fully saturated rings. The molecule has 140 valence electrons. The molecule has 0 saturated heterocycles. The SMILES string of the molecule is CC1CC1COc1ccc2c(c1)CCCC2c1cc(Cl)c(OCl)c(C#N)c1. The lowest BCUT2D eigenvalue weighted by molar-refractivity contribution is 0.293. The Morgan fingerprint density at radius 2 is 2.07 bits per heavy atom. The van der Waals surface area contributed by atoms with Gasteiger partial charge in [-0.2, -0.15) is 5.26 Å². The van der Waals surface area contributed by atoms with E-state index in [0.717, 1.165) is 43.1 Å². The minimum absolute atomic E-state index is 0.209. The van der Waals surface area contributed by atoms with Gasteiger partial charge in [-0.3, -0.25) is 0 Å². The maximum atomic E-state index is 9.39. The molecular formula is C22H21Cl2NO2. The Hall–Kier alpha value is -1.89. The Morgan fingerprint density at radius 3 is 2.78 bits per heavy atom. The van der Waals surface area contributed by atoms with Gasteiger partial charge in [0.05, 0.1) is 17.2 Å². The van der Waals surface area contributed by atoms with E-state index in [4.69, 9.17) is 32.5 Å². The number of fused-ring (bicyclic) bond motifs is 1. The zero-order valence-electron chi connectivity index (χ0n) is 15.2. The number of hydrogen-bond donors (Lipinski definition) is 0. The molecule has 3 atom stereocenters. The second-order valence-corrected chi connectivity index (χ2v) is 8.22. The van der Waals surface area contributed by atoms with Gasteiger partial charge >= 0.3 is 0 Å². The number of benzene rings is 2. The van der Waals surface area contributed by atoms with Crippen LogP contribution in [0.15, 0.2) is 30.3 Å². The smallest absolute Gasteiger partial charge is 0.182 e. The molecule has 0 spiro atoms. The van der Waals surface area contributed by atoms with E-state index in [2.05, 4.69) is 31.2 Å². The van der Waals surface area contributed by atoms with Gasteiger partial charge in [-0.25, -0.2) is 0 Å².